The second kappa shape index (κ2) is 3.80. The van der Waals surface area contributed by atoms with Gasteiger partial charge in [0, 0.05) is 18.4 Å². The van der Waals surface area contributed by atoms with Crippen molar-refractivity contribution in [3.63, 3.8) is 0 Å². The molecule has 2 atom stereocenters. The third kappa shape index (κ3) is 2.69. The Bertz CT molecular complexity index is 203. The molecular formula is C11H23NO2. The summed E-state index contributed by atoms with van der Waals surface area (Å²) in [5.41, 5.74) is -0.301. The van der Waals surface area contributed by atoms with Gasteiger partial charge in [0.2, 0.25) is 0 Å². The van der Waals surface area contributed by atoms with Crippen molar-refractivity contribution >= 4 is 0 Å². The van der Waals surface area contributed by atoms with E-state index in [4.69, 9.17) is 4.74 Å². The van der Waals surface area contributed by atoms with Crippen molar-refractivity contribution in [2.75, 3.05) is 27.2 Å². The molecule has 1 saturated heterocycles. The molecule has 84 valence electrons. The molecule has 0 saturated carbocycles. The van der Waals surface area contributed by atoms with Crippen LogP contribution in [0.1, 0.15) is 27.2 Å². The van der Waals surface area contributed by atoms with E-state index in [-0.39, 0.29) is 17.1 Å². The first kappa shape index (κ1) is 12.0. The van der Waals surface area contributed by atoms with Crippen LogP contribution in [0.25, 0.3) is 0 Å². The Balaban J connectivity index is 2.64. The maximum absolute atomic E-state index is 10.1. The van der Waals surface area contributed by atoms with Gasteiger partial charge >= 0.3 is 0 Å². The average Bonchev–Trinajstić information content (AvgIpc) is 1.97. The summed E-state index contributed by atoms with van der Waals surface area (Å²) in [6, 6.07) is 0. The fourth-order valence-corrected chi connectivity index (χ4v) is 2.10. The predicted octanol–water partition coefficient (Wildman–Crippen LogP) is 1.11. The van der Waals surface area contributed by atoms with Gasteiger partial charge in [0.05, 0.1) is 18.3 Å². The summed E-state index contributed by atoms with van der Waals surface area (Å²) in [6.45, 7) is 7.66. The van der Waals surface area contributed by atoms with E-state index in [2.05, 4.69) is 11.8 Å². The number of aliphatic hydroxyl groups excluding tert-OH is 1. The fraction of sp³-hybridized carbons (Fsp3) is 1.00. The monoisotopic (exact) mass is 201 g/mol. The number of hydrogen-bond acceptors (Lipinski definition) is 3. The Labute approximate surface area is 87.1 Å². The van der Waals surface area contributed by atoms with Gasteiger partial charge in [0.1, 0.15) is 0 Å². The molecule has 0 aromatic rings. The maximum atomic E-state index is 10.1. The summed E-state index contributed by atoms with van der Waals surface area (Å²) in [5.74, 6) is 0. The van der Waals surface area contributed by atoms with Gasteiger partial charge in [-0.05, 0) is 27.9 Å². The minimum atomic E-state index is -0.270. The van der Waals surface area contributed by atoms with Gasteiger partial charge in [-0.15, -0.1) is 0 Å². The minimum absolute atomic E-state index is 0.126. The molecule has 1 heterocycles. The van der Waals surface area contributed by atoms with Gasteiger partial charge in [-0.25, -0.2) is 0 Å². The molecule has 2 unspecified atom stereocenters. The second-order valence-electron chi connectivity index (χ2n) is 5.66. The van der Waals surface area contributed by atoms with E-state index < -0.39 is 0 Å². The van der Waals surface area contributed by atoms with Crippen LogP contribution in [0.3, 0.4) is 0 Å². The third-order valence-electron chi connectivity index (χ3n) is 2.96. The Morgan fingerprint density at radius 1 is 1.36 bits per heavy atom. The van der Waals surface area contributed by atoms with Crippen molar-refractivity contribution in [2.24, 2.45) is 5.41 Å². The van der Waals surface area contributed by atoms with Crippen LogP contribution in [-0.2, 0) is 4.74 Å². The highest BCUT2D eigenvalue weighted by molar-refractivity contribution is 4.93. The van der Waals surface area contributed by atoms with Gasteiger partial charge in [-0.3, -0.25) is 0 Å². The lowest BCUT2D eigenvalue weighted by Crippen LogP contribution is -2.53. The lowest BCUT2D eigenvalue weighted by molar-refractivity contribution is -0.170. The normalized spacial score (nSPS) is 37.5. The van der Waals surface area contributed by atoms with Crippen molar-refractivity contribution in [1.82, 2.24) is 4.90 Å². The molecule has 0 radical (unpaired) electrons. The highest BCUT2D eigenvalue weighted by Gasteiger charge is 2.43. The molecule has 1 aliphatic heterocycles. The molecule has 1 N–H and O–H groups in total. The van der Waals surface area contributed by atoms with Crippen molar-refractivity contribution < 1.29 is 9.84 Å². The number of rotatable bonds is 2. The number of nitrogens with zero attached hydrogens (tertiary/aromatic N) is 1. The number of hydrogen-bond donors (Lipinski definition) is 1. The van der Waals surface area contributed by atoms with Gasteiger partial charge in [0.25, 0.3) is 0 Å². The lowest BCUT2D eigenvalue weighted by Gasteiger charge is -2.46. The molecule has 1 fully saturated rings. The zero-order valence-electron chi connectivity index (χ0n) is 10.0. The summed E-state index contributed by atoms with van der Waals surface area (Å²) < 4.78 is 5.77. The van der Waals surface area contributed by atoms with E-state index in [1.54, 1.807) is 0 Å². The molecule has 0 aromatic heterocycles. The molecule has 14 heavy (non-hydrogen) atoms. The van der Waals surface area contributed by atoms with E-state index in [9.17, 15) is 5.11 Å². The van der Waals surface area contributed by atoms with Crippen LogP contribution < -0.4 is 0 Å². The van der Waals surface area contributed by atoms with Crippen LogP contribution in [0.15, 0.2) is 0 Å². The van der Waals surface area contributed by atoms with E-state index in [0.29, 0.717) is 6.61 Å². The van der Waals surface area contributed by atoms with Crippen molar-refractivity contribution in [2.45, 2.75) is 38.9 Å². The Morgan fingerprint density at radius 2 is 1.93 bits per heavy atom. The van der Waals surface area contributed by atoms with Crippen molar-refractivity contribution in [3.8, 4) is 0 Å². The Hall–Kier alpha value is -0.120. The van der Waals surface area contributed by atoms with Gasteiger partial charge in [-0.2, -0.15) is 0 Å². The zero-order chi connectivity index (χ0) is 11.0. The molecule has 3 nitrogen and oxygen atoms in total. The number of aliphatic hydroxyl groups is 1. The quantitative estimate of drug-likeness (QED) is 0.726. The molecular weight excluding hydrogens is 178 g/mol. The minimum Gasteiger partial charge on any atom is -0.392 e. The largest absolute Gasteiger partial charge is 0.392 e. The first-order chi connectivity index (χ1) is 6.25. The predicted molar refractivity (Wildman–Crippen MR) is 57.3 cm³/mol. The van der Waals surface area contributed by atoms with Gasteiger partial charge in [-0.1, -0.05) is 6.92 Å². The molecule has 0 aromatic carbocycles. The molecule has 3 heteroatoms. The highest BCUT2D eigenvalue weighted by atomic mass is 16.5. The summed E-state index contributed by atoms with van der Waals surface area (Å²) in [5, 5.41) is 10.1. The highest BCUT2D eigenvalue weighted by Crippen LogP contribution is 2.36. The lowest BCUT2D eigenvalue weighted by atomic mass is 9.77. The van der Waals surface area contributed by atoms with Crippen LogP contribution >= 0.6 is 0 Å². The Morgan fingerprint density at radius 3 is 2.36 bits per heavy atom. The van der Waals surface area contributed by atoms with E-state index in [0.717, 1.165) is 13.0 Å². The van der Waals surface area contributed by atoms with Crippen LogP contribution in [0.4, 0.5) is 0 Å². The first-order valence-corrected chi connectivity index (χ1v) is 5.22. The van der Waals surface area contributed by atoms with Crippen LogP contribution in [0.2, 0.25) is 0 Å². The van der Waals surface area contributed by atoms with E-state index in [1.165, 1.54) is 0 Å². The zero-order valence-corrected chi connectivity index (χ0v) is 10.0. The summed E-state index contributed by atoms with van der Waals surface area (Å²) in [7, 11) is 4.05. The smallest absolute Gasteiger partial charge is 0.0655 e. The summed E-state index contributed by atoms with van der Waals surface area (Å²) in [6.07, 6.45) is 0.450. The summed E-state index contributed by atoms with van der Waals surface area (Å²) in [4.78, 5) is 2.10. The van der Waals surface area contributed by atoms with Crippen LogP contribution in [0.5, 0.6) is 0 Å². The molecule has 0 bridgehead atoms. The van der Waals surface area contributed by atoms with Gasteiger partial charge in [0.15, 0.2) is 0 Å². The molecule has 0 aliphatic carbocycles. The van der Waals surface area contributed by atoms with Crippen molar-refractivity contribution in [1.29, 1.82) is 0 Å². The third-order valence-corrected chi connectivity index (χ3v) is 2.96. The maximum Gasteiger partial charge on any atom is 0.0655 e. The van der Waals surface area contributed by atoms with Crippen molar-refractivity contribution in [3.05, 3.63) is 0 Å². The van der Waals surface area contributed by atoms with E-state index >= 15 is 0 Å². The summed E-state index contributed by atoms with van der Waals surface area (Å²) >= 11 is 0. The molecule has 1 rings (SSSR count). The number of ether oxygens (including phenoxy) is 1. The molecule has 0 amide bonds. The topological polar surface area (TPSA) is 32.7 Å². The van der Waals surface area contributed by atoms with Crippen LogP contribution in [0, 0.1) is 5.41 Å². The Kier molecular flexibility index (Phi) is 3.24. The SMILES string of the molecule is CN(C)CC1(C)COC(C)(C)CC1O. The van der Waals surface area contributed by atoms with Crippen LogP contribution in [-0.4, -0.2) is 49.0 Å². The molecule has 0 spiro atoms. The molecule has 1 aliphatic rings. The van der Waals surface area contributed by atoms with E-state index in [1.807, 2.05) is 27.9 Å². The standard InChI is InChI=1S/C11H23NO2/c1-10(2)6-9(13)11(3,8-14-10)7-12(4)5/h9,13H,6-8H2,1-5H3. The fourth-order valence-electron chi connectivity index (χ4n) is 2.10. The second-order valence-corrected chi connectivity index (χ2v) is 5.66. The van der Waals surface area contributed by atoms with Gasteiger partial charge < -0.3 is 14.7 Å². The first-order valence-electron chi connectivity index (χ1n) is 5.22. The average molecular weight is 201 g/mol.